The first kappa shape index (κ1) is 12.0. The molecule has 0 spiro atoms. The lowest BCUT2D eigenvalue weighted by atomic mass is 10.1. The van der Waals surface area contributed by atoms with Gasteiger partial charge in [-0.2, -0.15) is 5.10 Å². The average Bonchev–Trinajstić information content (AvgIpc) is 2.66. The summed E-state index contributed by atoms with van der Waals surface area (Å²) in [6, 6.07) is 4.96. The van der Waals surface area contributed by atoms with Crippen LogP contribution in [0.4, 0.5) is 4.39 Å². The number of hydrogen-bond donors (Lipinski definition) is 1. The van der Waals surface area contributed by atoms with Gasteiger partial charge in [0.1, 0.15) is 5.82 Å². The summed E-state index contributed by atoms with van der Waals surface area (Å²) in [5.74, 6) is 0.560. The molecule has 1 heterocycles. The van der Waals surface area contributed by atoms with Crippen LogP contribution in [0.1, 0.15) is 18.9 Å². The predicted molar refractivity (Wildman–Crippen MR) is 67.8 cm³/mol. The number of halogens is 1. The molecule has 3 nitrogen and oxygen atoms in total. The number of nitrogens with one attached hydrogen (secondary N) is 1. The number of nitrogens with zero attached hydrogens (tertiary/aromatic N) is 2. The fourth-order valence-electron chi connectivity index (χ4n) is 1.75. The van der Waals surface area contributed by atoms with Gasteiger partial charge in [-0.1, -0.05) is 6.92 Å². The summed E-state index contributed by atoms with van der Waals surface area (Å²) in [5.41, 5.74) is 1.49. The Bertz CT molecular complexity index is 586. The molecule has 17 heavy (non-hydrogen) atoms. The zero-order valence-electron chi connectivity index (χ0n) is 9.83. The predicted octanol–water partition coefficient (Wildman–Crippen LogP) is 3.47. The van der Waals surface area contributed by atoms with E-state index in [4.69, 9.17) is 12.2 Å². The van der Waals surface area contributed by atoms with E-state index in [0.717, 1.165) is 24.4 Å². The van der Waals surface area contributed by atoms with Gasteiger partial charge >= 0.3 is 0 Å². The Kier molecular flexibility index (Phi) is 3.38. The lowest BCUT2D eigenvalue weighted by molar-refractivity contribution is 0.618. The highest BCUT2D eigenvalue weighted by Gasteiger charge is 2.09. The molecule has 2 aromatic rings. The number of aromatic nitrogens is 3. The third-order valence-corrected chi connectivity index (χ3v) is 2.93. The zero-order valence-corrected chi connectivity index (χ0v) is 10.6. The van der Waals surface area contributed by atoms with Gasteiger partial charge in [0.15, 0.2) is 10.6 Å². The molecule has 0 atom stereocenters. The number of hydrogen-bond acceptors (Lipinski definition) is 2. The van der Waals surface area contributed by atoms with Crippen molar-refractivity contribution in [1.29, 1.82) is 0 Å². The van der Waals surface area contributed by atoms with Gasteiger partial charge < -0.3 is 4.57 Å². The normalized spacial score (nSPS) is 10.8. The molecule has 0 aliphatic rings. The standard InChI is InChI=1S/C12H14FN3S/c1-3-6-16-11(14-15-12(16)17)9-4-5-10(13)8(2)7-9/h4-5,7H,3,6H2,1-2H3,(H,15,17). The summed E-state index contributed by atoms with van der Waals surface area (Å²) >= 11 is 5.17. The zero-order chi connectivity index (χ0) is 12.4. The molecule has 90 valence electrons. The number of H-pyrrole nitrogens is 1. The highest BCUT2D eigenvalue weighted by Crippen LogP contribution is 2.20. The Balaban J connectivity index is 2.52. The van der Waals surface area contributed by atoms with Gasteiger partial charge in [-0.25, -0.2) is 4.39 Å². The molecule has 1 aromatic heterocycles. The minimum absolute atomic E-state index is 0.204. The summed E-state index contributed by atoms with van der Waals surface area (Å²) < 4.78 is 15.7. The Morgan fingerprint density at radius 2 is 2.24 bits per heavy atom. The molecule has 0 saturated carbocycles. The molecule has 0 radical (unpaired) electrons. The fourth-order valence-corrected chi connectivity index (χ4v) is 1.98. The summed E-state index contributed by atoms with van der Waals surface area (Å²) in [6.07, 6.45) is 0.973. The molecule has 1 N–H and O–H groups in total. The van der Waals surface area contributed by atoms with E-state index in [9.17, 15) is 4.39 Å². The van der Waals surface area contributed by atoms with Gasteiger partial charge in [-0.3, -0.25) is 5.10 Å². The molecule has 0 fully saturated rings. The van der Waals surface area contributed by atoms with E-state index >= 15 is 0 Å². The maximum atomic E-state index is 13.2. The van der Waals surface area contributed by atoms with Crippen molar-refractivity contribution in [3.63, 3.8) is 0 Å². The maximum Gasteiger partial charge on any atom is 0.195 e. The Morgan fingerprint density at radius 3 is 2.88 bits per heavy atom. The van der Waals surface area contributed by atoms with Crippen LogP contribution in [0, 0.1) is 17.5 Å². The molecule has 0 saturated heterocycles. The molecular weight excluding hydrogens is 237 g/mol. The topological polar surface area (TPSA) is 33.6 Å². The minimum atomic E-state index is -0.204. The number of aryl methyl sites for hydroxylation is 1. The van der Waals surface area contributed by atoms with Crippen molar-refractivity contribution in [3.8, 4) is 11.4 Å². The van der Waals surface area contributed by atoms with E-state index in [1.54, 1.807) is 19.1 Å². The van der Waals surface area contributed by atoms with Crippen LogP contribution in [-0.2, 0) is 6.54 Å². The molecular formula is C12H14FN3S. The second-order valence-electron chi connectivity index (χ2n) is 3.97. The lowest BCUT2D eigenvalue weighted by Crippen LogP contribution is -2.00. The van der Waals surface area contributed by atoms with Gasteiger partial charge in [0.2, 0.25) is 0 Å². The van der Waals surface area contributed by atoms with Crippen LogP contribution in [-0.4, -0.2) is 14.8 Å². The van der Waals surface area contributed by atoms with Gasteiger partial charge in [-0.15, -0.1) is 0 Å². The van der Waals surface area contributed by atoms with Gasteiger partial charge in [-0.05, 0) is 49.3 Å². The van der Waals surface area contributed by atoms with Gasteiger partial charge in [0, 0.05) is 12.1 Å². The maximum absolute atomic E-state index is 13.2. The van der Waals surface area contributed by atoms with Crippen LogP contribution in [0.5, 0.6) is 0 Å². The molecule has 2 rings (SSSR count). The van der Waals surface area contributed by atoms with Crippen molar-refractivity contribution in [1.82, 2.24) is 14.8 Å². The third kappa shape index (κ3) is 2.29. The first-order valence-electron chi connectivity index (χ1n) is 5.55. The largest absolute Gasteiger partial charge is 0.300 e. The molecule has 0 amide bonds. The monoisotopic (exact) mass is 251 g/mol. The number of rotatable bonds is 3. The number of aromatic amines is 1. The molecule has 0 aliphatic carbocycles. The van der Waals surface area contributed by atoms with Crippen molar-refractivity contribution in [2.24, 2.45) is 0 Å². The van der Waals surface area contributed by atoms with Crippen molar-refractivity contribution in [2.45, 2.75) is 26.8 Å². The van der Waals surface area contributed by atoms with Gasteiger partial charge in [0.25, 0.3) is 0 Å². The minimum Gasteiger partial charge on any atom is -0.300 e. The van der Waals surface area contributed by atoms with Crippen LogP contribution < -0.4 is 0 Å². The smallest absolute Gasteiger partial charge is 0.195 e. The second kappa shape index (κ2) is 4.79. The van der Waals surface area contributed by atoms with Crippen molar-refractivity contribution in [3.05, 3.63) is 34.4 Å². The van der Waals surface area contributed by atoms with E-state index in [-0.39, 0.29) is 5.82 Å². The van der Waals surface area contributed by atoms with Crippen LogP contribution >= 0.6 is 12.2 Å². The quantitative estimate of drug-likeness (QED) is 0.847. The Morgan fingerprint density at radius 1 is 1.47 bits per heavy atom. The third-order valence-electron chi connectivity index (χ3n) is 2.62. The molecule has 5 heteroatoms. The highest BCUT2D eigenvalue weighted by atomic mass is 32.1. The van der Waals surface area contributed by atoms with E-state index in [2.05, 4.69) is 17.1 Å². The van der Waals surface area contributed by atoms with E-state index in [1.807, 2.05) is 4.57 Å². The van der Waals surface area contributed by atoms with Crippen LogP contribution in [0.25, 0.3) is 11.4 Å². The number of benzene rings is 1. The Hall–Kier alpha value is -1.49. The van der Waals surface area contributed by atoms with E-state index in [0.29, 0.717) is 10.3 Å². The van der Waals surface area contributed by atoms with Crippen LogP contribution in [0.15, 0.2) is 18.2 Å². The first-order valence-corrected chi connectivity index (χ1v) is 5.96. The van der Waals surface area contributed by atoms with E-state index in [1.165, 1.54) is 6.07 Å². The highest BCUT2D eigenvalue weighted by molar-refractivity contribution is 7.71. The van der Waals surface area contributed by atoms with Crippen molar-refractivity contribution >= 4 is 12.2 Å². The summed E-state index contributed by atoms with van der Waals surface area (Å²) in [5, 5.41) is 6.98. The fraction of sp³-hybridized carbons (Fsp3) is 0.333. The molecule has 0 aliphatic heterocycles. The lowest BCUT2D eigenvalue weighted by Gasteiger charge is -2.06. The van der Waals surface area contributed by atoms with Crippen LogP contribution in [0.3, 0.4) is 0 Å². The molecule has 1 aromatic carbocycles. The summed E-state index contributed by atoms with van der Waals surface area (Å²) in [7, 11) is 0. The summed E-state index contributed by atoms with van der Waals surface area (Å²) in [6.45, 7) is 4.62. The summed E-state index contributed by atoms with van der Waals surface area (Å²) in [4.78, 5) is 0. The van der Waals surface area contributed by atoms with Gasteiger partial charge in [0.05, 0.1) is 0 Å². The second-order valence-corrected chi connectivity index (χ2v) is 4.35. The van der Waals surface area contributed by atoms with Crippen molar-refractivity contribution in [2.75, 3.05) is 0 Å². The first-order chi connectivity index (χ1) is 8.13. The van der Waals surface area contributed by atoms with E-state index < -0.39 is 0 Å². The molecule has 0 bridgehead atoms. The average molecular weight is 251 g/mol. The Labute approximate surface area is 104 Å². The SMILES string of the molecule is CCCn1c(-c2ccc(F)c(C)c2)n[nH]c1=S. The molecule has 0 unspecified atom stereocenters. The van der Waals surface area contributed by atoms with Crippen LogP contribution in [0.2, 0.25) is 0 Å². The van der Waals surface area contributed by atoms with Crippen molar-refractivity contribution < 1.29 is 4.39 Å².